The first-order valence-electron chi connectivity index (χ1n) is 5.68. The molecule has 0 saturated carbocycles. The van der Waals surface area contributed by atoms with E-state index >= 15 is 0 Å². The lowest BCUT2D eigenvalue weighted by molar-refractivity contribution is 0.578. The van der Waals surface area contributed by atoms with Gasteiger partial charge in [-0.3, -0.25) is 0 Å². The molecule has 0 radical (unpaired) electrons. The quantitative estimate of drug-likeness (QED) is 0.855. The molecule has 2 rings (SSSR count). The molecule has 0 bridgehead atoms. The van der Waals surface area contributed by atoms with Crippen LogP contribution in [0.1, 0.15) is 29.0 Å². The zero-order valence-electron chi connectivity index (χ0n) is 10.0. The van der Waals surface area contributed by atoms with Crippen molar-refractivity contribution in [2.24, 2.45) is 0 Å². The van der Waals surface area contributed by atoms with Gasteiger partial charge in [0.05, 0.1) is 0 Å². The smallest absolute Gasteiger partial charge is 0.0409 e. The predicted molar refractivity (Wildman–Crippen MR) is 75.8 cm³/mol. The second-order valence-electron chi connectivity index (χ2n) is 4.18. The van der Waals surface area contributed by atoms with Crippen molar-refractivity contribution in [2.45, 2.75) is 26.4 Å². The van der Waals surface area contributed by atoms with Crippen LogP contribution in [0.3, 0.4) is 0 Å². The van der Waals surface area contributed by atoms with Gasteiger partial charge in [0.1, 0.15) is 0 Å². The number of hydrogen-bond donors (Lipinski definition) is 1. The summed E-state index contributed by atoms with van der Waals surface area (Å²) in [5.41, 5.74) is 2.59. The highest BCUT2D eigenvalue weighted by Gasteiger charge is 2.06. The van der Waals surface area contributed by atoms with Gasteiger partial charge in [-0.15, -0.1) is 11.3 Å². The molecule has 2 aromatic rings. The van der Waals surface area contributed by atoms with Crippen LogP contribution >= 0.6 is 22.9 Å². The van der Waals surface area contributed by atoms with Gasteiger partial charge in [-0.05, 0) is 48.6 Å². The highest BCUT2D eigenvalue weighted by Crippen LogP contribution is 2.20. The molecule has 1 nitrogen and oxygen atoms in total. The minimum absolute atomic E-state index is 0.315. The summed E-state index contributed by atoms with van der Waals surface area (Å²) >= 11 is 7.79. The summed E-state index contributed by atoms with van der Waals surface area (Å²) in [6.07, 6.45) is 0. The van der Waals surface area contributed by atoms with E-state index in [4.69, 9.17) is 11.6 Å². The number of halogens is 1. The van der Waals surface area contributed by atoms with Crippen molar-refractivity contribution in [1.82, 2.24) is 5.32 Å². The molecule has 0 aliphatic carbocycles. The molecule has 1 aromatic carbocycles. The average molecular weight is 266 g/mol. The lowest BCUT2D eigenvalue weighted by Gasteiger charge is -2.14. The van der Waals surface area contributed by atoms with Crippen molar-refractivity contribution >= 4 is 22.9 Å². The Morgan fingerprint density at radius 3 is 2.82 bits per heavy atom. The second kappa shape index (κ2) is 5.67. The van der Waals surface area contributed by atoms with E-state index in [1.807, 2.05) is 18.2 Å². The van der Waals surface area contributed by atoms with Crippen LogP contribution < -0.4 is 5.32 Å². The average Bonchev–Trinajstić information content (AvgIpc) is 2.72. The summed E-state index contributed by atoms with van der Waals surface area (Å²) in [5, 5.41) is 6.45. The van der Waals surface area contributed by atoms with Gasteiger partial charge in [-0.25, -0.2) is 0 Å². The molecule has 0 aliphatic heterocycles. The Balaban J connectivity index is 1.98. The molecule has 90 valence electrons. The maximum absolute atomic E-state index is 5.99. The molecule has 1 atom stereocenters. The van der Waals surface area contributed by atoms with Crippen LogP contribution in [-0.2, 0) is 6.54 Å². The molecule has 0 spiro atoms. The van der Waals surface area contributed by atoms with Gasteiger partial charge in [-0.1, -0.05) is 23.7 Å². The number of aryl methyl sites for hydroxylation is 1. The molecule has 0 saturated heterocycles. The van der Waals surface area contributed by atoms with Gasteiger partial charge in [0, 0.05) is 22.5 Å². The fraction of sp³-hybridized carbons (Fsp3) is 0.286. The zero-order valence-corrected chi connectivity index (χ0v) is 11.6. The van der Waals surface area contributed by atoms with Crippen molar-refractivity contribution in [3.05, 3.63) is 56.7 Å². The molecule has 0 fully saturated rings. The summed E-state index contributed by atoms with van der Waals surface area (Å²) in [7, 11) is 0. The topological polar surface area (TPSA) is 12.0 Å². The Morgan fingerprint density at radius 2 is 2.18 bits per heavy atom. The predicted octanol–water partition coefficient (Wildman–Crippen LogP) is 4.56. The third-order valence-electron chi connectivity index (χ3n) is 2.89. The van der Waals surface area contributed by atoms with Gasteiger partial charge < -0.3 is 5.32 Å². The van der Waals surface area contributed by atoms with Gasteiger partial charge in [0.25, 0.3) is 0 Å². The summed E-state index contributed by atoms with van der Waals surface area (Å²) < 4.78 is 0. The number of nitrogens with one attached hydrogen (secondary N) is 1. The van der Waals surface area contributed by atoms with Crippen LogP contribution in [-0.4, -0.2) is 0 Å². The van der Waals surface area contributed by atoms with E-state index in [0.29, 0.717) is 6.04 Å². The Hall–Kier alpha value is -0.830. The largest absolute Gasteiger partial charge is 0.305 e. The number of thiophene rings is 1. The summed E-state index contributed by atoms with van der Waals surface area (Å²) in [6.45, 7) is 5.23. The van der Waals surface area contributed by atoms with Gasteiger partial charge in [-0.2, -0.15) is 0 Å². The third-order valence-corrected chi connectivity index (χ3v) is 4.14. The summed E-state index contributed by atoms with van der Waals surface area (Å²) in [6, 6.07) is 10.5. The molecule has 1 heterocycles. The molecular weight excluding hydrogens is 250 g/mol. The molecule has 17 heavy (non-hydrogen) atoms. The van der Waals surface area contributed by atoms with Crippen molar-refractivity contribution in [3.63, 3.8) is 0 Å². The number of hydrogen-bond acceptors (Lipinski definition) is 2. The van der Waals surface area contributed by atoms with Crippen molar-refractivity contribution in [1.29, 1.82) is 0 Å². The second-order valence-corrected chi connectivity index (χ2v) is 5.62. The Kier molecular flexibility index (Phi) is 4.21. The van der Waals surface area contributed by atoms with Gasteiger partial charge >= 0.3 is 0 Å². The van der Waals surface area contributed by atoms with Gasteiger partial charge in [0.2, 0.25) is 0 Å². The maximum atomic E-state index is 5.99. The zero-order chi connectivity index (χ0) is 12.3. The van der Waals surface area contributed by atoms with Crippen LogP contribution in [0.5, 0.6) is 0 Å². The molecule has 0 aliphatic rings. The van der Waals surface area contributed by atoms with E-state index in [2.05, 4.69) is 36.7 Å². The highest BCUT2D eigenvalue weighted by molar-refractivity contribution is 7.10. The Labute approximate surface area is 111 Å². The van der Waals surface area contributed by atoms with E-state index in [-0.39, 0.29) is 0 Å². The van der Waals surface area contributed by atoms with E-state index in [1.54, 1.807) is 11.3 Å². The lowest BCUT2D eigenvalue weighted by atomic mass is 10.1. The van der Waals surface area contributed by atoms with Crippen molar-refractivity contribution in [3.8, 4) is 0 Å². The Bertz CT molecular complexity index is 492. The van der Waals surface area contributed by atoms with Crippen molar-refractivity contribution < 1.29 is 0 Å². The third kappa shape index (κ3) is 3.32. The Morgan fingerprint density at radius 1 is 1.35 bits per heavy atom. The SMILES string of the molecule is Cc1ccsc1CNC(C)c1cccc(Cl)c1. The van der Waals surface area contributed by atoms with Crippen LogP contribution in [0, 0.1) is 6.92 Å². The number of benzene rings is 1. The normalized spacial score (nSPS) is 12.6. The molecule has 3 heteroatoms. The molecule has 0 amide bonds. The molecule has 1 N–H and O–H groups in total. The van der Waals surface area contributed by atoms with Crippen LogP contribution in [0.15, 0.2) is 35.7 Å². The van der Waals surface area contributed by atoms with Crippen LogP contribution in [0.4, 0.5) is 0 Å². The first kappa shape index (κ1) is 12.6. The molecular formula is C14H16ClNS. The fourth-order valence-corrected chi connectivity index (χ4v) is 2.78. The van der Waals surface area contributed by atoms with E-state index < -0.39 is 0 Å². The fourth-order valence-electron chi connectivity index (χ4n) is 1.72. The molecule has 1 aromatic heterocycles. The summed E-state index contributed by atoms with van der Waals surface area (Å²) in [5.74, 6) is 0. The van der Waals surface area contributed by atoms with E-state index in [0.717, 1.165) is 11.6 Å². The monoisotopic (exact) mass is 265 g/mol. The lowest BCUT2D eigenvalue weighted by Crippen LogP contribution is -2.17. The summed E-state index contributed by atoms with van der Waals surface area (Å²) in [4.78, 5) is 1.40. The van der Waals surface area contributed by atoms with Crippen molar-refractivity contribution in [2.75, 3.05) is 0 Å². The number of rotatable bonds is 4. The minimum Gasteiger partial charge on any atom is -0.305 e. The molecule has 1 unspecified atom stereocenters. The van der Waals surface area contributed by atoms with Crippen LogP contribution in [0.2, 0.25) is 5.02 Å². The highest BCUT2D eigenvalue weighted by atomic mass is 35.5. The first-order valence-corrected chi connectivity index (χ1v) is 6.94. The van der Waals surface area contributed by atoms with Crippen LogP contribution in [0.25, 0.3) is 0 Å². The first-order chi connectivity index (χ1) is 8.16. The van der Waals surface area contributed by atoms with E-state index in [9.17, 15) is 0 Å². The standard InChI is InChI=1S/C14H16ClNS/c1-10-6-7-17-14(10)9-16-11(2)12-4-3-5-13(15)8-12/h3-8,11,16H,9H2,1-2H3. The minimum atomic E-state index is 0.315. The van der Waals surface area contributed by atoms with E-state index in [1.165, 1.54) is 16.0 Å². The maximum Gasteiger partial charge on any atom is 0.0409 e. The van der Waals surface area contributed by atoms with Gasteiger partial charge in [0.15, 0.2) is 0 Å².